The van der Waals surface area contributed by atoms with Crippen LogP contribution in [0.25, 0.3) is 0 Å². The minimum absolute atomic E-state index is 0.360. The SMILES string of the molecule is C=CCC1CCN(C(C)(C)C)CC1. The van der Waals surface area contributed by atoms with Gasteiger partial charge in [0.2, 0.25) is 0 Å². The minimum Gasteiger partial charge on any atom is -0.298 e. The lowest BCUT2D eigenvalue weighted by molar-refractivity contribution is 0.0882. The van der Waals surface area contributed by atoms with Crippen LogP contribution in [0.5, 0.6) is 0 Å². The van der Waals surface area contributed by atoms with Gasteiger partial charge in [-0.25, -0.2) is 0 Å². The fraction of sp³-hybridized carbons (Fsp3) is 0.833. The summed E-state index contributed by atoms with van der Waals surface area (Å²) >= 11 is 0. The van der Waals surface area contributed by atoms with Crippen LogP contribution < -0.4 is 0 Å². The Hall–Kier alpha value is -0.300. The molecule has 0 atom stereocenters. The van der Waals surface area contributed by atoms with Crippen LogP contribution in [-0.2, 0) is 0 Å². The summed E-state index contributed by atoms with van der Waals surface area (Å²) in [5, 5.41) is 0. The van der Waals surface area contributed by atoms with Crippen LogP contribution in [0.4, 0.5) is 0 Å². The second-order valence-corrected chi connectivity index (χ2v) is 5.13. The zero-order valence-electron chi connectivity index (χ0n) is 9.34. The number of hydrogen-bond donors (Lipinski definition) is 0. The number of piperidine rings is 1. The van der Waals surface area contributed by atoms with Gasteiger partial charge >= 0.3 is 0 Å². The molecule has 13 heavy (non-hydrogen) atoms. The van der Waals surface area contributed by atoms with E-state index in [2.05, 4.69) is 38.3 Å². The molecule has 1 nitrogen and oxygen atoms in total. The predicted molar refractivity (Wildman–Crippen MR) is 58.9 cm³/mol. The van der Waals surface area contributed by atoms with Crippen molar-refractivity contribution in [3.05, 3.63) is 12.7 Å². The smallest absolute Gasteiger partial charge is 0.0125 e. The number of hydrogen-bond acceptors (Lipinski definition) is 1. The highest BCUT2D eigenvalue weighted by atomic mass is 15.2. The van der Waals surface area contributed by atoms with Crippen molar-refractivity contribution >= 4 is 0 Å². The van der Waals surface area contributed by atoms with Crippen LogP contribution >= 0.6 is 0 Å². The van der Waals surface area contributed by atoms with Gasteiger partial charge in [-0.1, -0.05) is 6.08 Å². The molecule has 0 spiro atoms. The monoisotopic (exact) mass is 181 g/mol. The third-order valence-electron chi connectivity index (χ3n) is 3.06. The van der Waals surface area contributed by atoms with E-state index in [1.54, 1.807) is 0 Å². The van der Waals surface area contributed by atoms with Crippen molar-refractivity contribution in [3.63, 3.8) is 0 Å². The lowest BCUT2D eigenvalue weighted by atomic mass is 9.91. The summed E-state index contributed by atoms with van der Waals surface area (Å²) in [4.78, 5) is 2.59. The molecule has 0 saturated carbocycles. The molecule has 0 aliphatic carbocycles. The Morgan fingerprint density at radius 1 is 1.31 bits per heavy atom. The van der Waals surface area contributed by atoms with Crippen LogP contribution in [-0.4, -0.2) is 23.5 Å². The molecule has 1 aliphatic rings. The largest absolute Gasteiger partial charge is 0.298 e. The highest BCUT2D eigenvalue weighted by Gasteiger charge is 2.25. The van der Waals surface area contributed by atoms with Crippen molar-refractivity contribution in [3.8, 4) is 0 Å². The zero-order valence-corrected chi connectivity index (χ0v) is 9.34. The quantitative estimate of drug-likeness (QED) is 0.592. The number of rotatable bonds is 2. The average Bonchev–Trinajstić information content (AvgIpc) is 2.04. The van der Waals surface area contributed by atoms with Gasteiger partial charge in [0.1, 0.15) is 0 Å². The summed E-state index contributed by atoms with van der Waals surface area (Å²) in [6.07, 6.45) is 5.97. The van der Waals surface area contributed by atoms with Crippen molar-refractivity contribution in [2.24, 2.45) is 5.92 Å². The van der Waals surface area contributed by atoms with Gasteiger partial charge in [-0.05, 0) is 59.0 Å². The fourth-order valence-corrected chi connectivity index (χ4v) is 2.08. The van der Waals surface area contributed by atoms with Crippen molar-refractivity contribution in [2.75, 3.05) is 13.1 Å². The molecule has 0 bridgehead atoms. The van der Waals surface area contributed by atoms with E-state index < -0.39 is 0 Å². The molecule has 1 aliphatic heterocycles. The molecule has 1 rings (SSSR count). The van der Waals surface area contributed by atoms with E-state index in [9.17, 15) is 0 Å². The van der Waals surface area contributed by atoms with E-state index in [4.69, 9.17) is 0 Å². The molecule has 0 N–H and O–H groups in total. The Bertz CT molecular complexity index is 158. The number of nitrogens with zero attached hydrogens (tertiary/aromatic N) is 1. The van der Waals surface area contributed by atoms with Crippen molar-refractivity contribution in [1.29, 1.82) is 0 Å². The summed E-state index contributed by atoms with van der Waals surface area (Å²) in [7, 11) is 0. The van der Waals surface area contributed by atoms with Gasteiger partial charge in [0.25, 0.3) is 0 Å². The van der Waals surface area contributed by atoms with E-state index in [1.807, 2.05) is 0 Å². The van der Waals surface area contributed by atoms with Gasteiger partial charge in [0.15, 0.2) is 0 Å². The first-order valence-electron chi connectivity index (χ1n) is 5.40. The second kappa shape index (κ2) is 4.28. The van der Waals surface area contributed by atoms with Crippen LogP contribution in [0.1, 0.15) is 40.0 Å². The predicted octanol–water partition coefficient (Wildman–Crippen LogP) is 3.07. The molecule has 76 valence electrons. The molecular formula is C12H23N. The first-order chi connectivity index (χ1) is 6.04. The Morgan fingerprint density at radius 3 is 2.23 bits per heavy atom. The van der Waals surface area contributed by atoms with Crippen LogP contribution in [0.15, 0.2) is 12.7 Å². The van der Waals surface area contributed by atoms with Gasteiger partial charge in [0, 0.05) is 5.54 Å². The Kier molecular flexibility index (Phi) is 3.55. The molecule has 1 heterocycles. The highest BCUT2D eigenvalue weighted by Crippen LogP contribution is 2.25. The molecule has 0 unspecified atom stereocenters. The molecule has 0 amide bonds. The van der Waals surface area contributed by atoms with Gasteiger partial charge in [-0.15, -0.1) is 6.58 Å². The van der Waals surface area contributed by atoms with Gasteiger partial charge < -0.3 is 0 Å². The second-order valence-electron chi connectivity index (χ2n) is 5.13. The minimum atomic E-state index is 0.360. The lowest BCUT2D eigenvalue weighted by Crippen LogP contribution is -2.46. The Balaban J connectivity index is 2.34. The van der Waals surface area contributed by atoms with E-state index in [0.29, 0.717) is 5.54 Å². The summed E-state index contributed by atoms with van der Waals surface area (Å²) in [6.45, 7) is 13.3. The first-order valence-corrected chi connectivity index (χ1v) is 5.40. The van der Waals surface area contributed by atoms with Crippen LogP contribution in [0.3, 0.4) is 0 Å². The van der Waals surface area contributed by atoms with E-state index in [0.717, 1.165) is 5.92 Å². The van der Waals surface area contributed by atoms with E-state index in [-0.39, 0.29) is 0 Å². The lowest BCUT2D eigenvalue weighted by Gasteiger charge is -2.40. The third kappa shape index (κ3) is 3.15. The number of allylic oxidation sites excluding steroid dienone is 1. The maximum absolute atomic E-state index is 3.81. The van der Waals surface area contributed by atoms with Crippen molar-refractivity contribution < 1.29 is 0 Å². The molecule has 1 saturated heterocycles. The van der Waals surface area contributed by atoms with E-state index >= 15 is 0 Å². The fourth-order valence-electron chi connectivity index (χ4n) is 2.08. The van der Waals surface area contributed by atoms with Gasteiger partial charge in [-0.3, -0.25) is 4.90 Å². The highest BCUT2D eigenvalue weighted by molar-refractivity contribution is 4.84. The Morgan fingerprint density at radius 2 is 1.85 bits per heavy atom. The van der Waals surface area contributed by atoms with Gasteiger partial charge in [-0.2, -0.15) is 0 Å². The molecule has 0 radical (unpaired) electrons. The standard InChI is InChI=1S/C12H23N/c1-5-6-11-7-9-13(10-8-11)12(2,3)4/h5,11H,1,6-10H2,2-4H3. The molecule has 0 aromatic heterocycles. The van der Waals surface area contributed by atoms with Crippen molar-refractivity contribution in [1.82, 2.24) is 4.90 Å². The third-order valence-corrected chi connectivity index (χ3v) is 3.06. The molecular weight excluding hydrogens is 158 g/mol. The first kappa shape index (κ1) is 10.8. The van der Waals surface area contributed by atoms with Crippen molar-refractivity contribution in [2.45, 2.75) is 45.6 Å². The summed E-state index contributed by atoms with van der Waals surface area (Å²) in [6, 6.07) is 0. The molecule has 0 aromatic carbocycles. The maximum Gasteiger partial charge on any atom is 0.0125 e. The normalized spacial score (nSPS) is 21.8. The molecule has 1 fully saturated rings. The van der Waals surface area contributed by atoms with Crippen LogP contribution in [0, 0.1) is 5.92 Å². The average molecular weight is 181 g/mol. The summed E-state index contributed by atoms with van der Waals surface area (Å²) in [5.41, 5.74) is 0.360. The van der Waals surface area contributed by atoms with Gasteiger partial charge in [0.05, 0.1) is 0 Å². The summed E-state index contributed by atoms with van der Waals surface area (Å²) < 4.78 is 0. The Labute approximate surface area is 82.8 Å². The zero-order chi connectivity index (χ0) is 9.90. The molecule has 1 heteroatoms. The molecule has 0 aromatic rings. The van der Waals surface area contributed by atoms with Crippen LogP contribution in [0.2, 0.25) is 0 Å². The summed E-state index contributed by atoms with van der Waals surface area (Å²) in [5.74, 6) is 0.899. The van der Waals surface area contributed by atoms with E-state index in [1.165, 1.54) is 32.4 Å². The topological polar surface area (TPSA) is 3.24 Å². The maximum atomic E-state index is 3.81. The number of likely N-dealkylation sites (tertiary alicyclic amines) is 1.